The summed E-state index contributed by atoms with van der Waals surface area (Å²) in [5.74, 6) is 1.06. The van der Waals surface area contributed by atoms with Crippen LogP contribution in [0.1, 0.15) is 57.8 Å². The highest BCUT2D eigenvalue weighted by molar-refractivity contribution is 5.81. The van der Waals surface area contributed by atoms with E-state index in [9.17, 15) is 9.90 Å². The molecular formula is C18H34N4O2. The first kappa shape index (κ1) is 19.0. The van der Waals surface area contributed by atoms with Crippen LogP contribution in [0.4, 0.5) is 0 Å². The molecule has 2 atom stereocenters. The van der Waals surface area contributed by atoms with E-state index < -0.39 is 5.60 Å². The van der Waals surface area contributed by atoms with E-state index in [1.807, 2.05) is 14.1 Å². The molecule has 2 rings (SSSR count). The Balaban J connectivity index is 1.82. The van der Waals surface area contributed by atoms with Gasteiger partial charge in [0, 0.05) is 39.6 Å². The molecule has 0 aromatic heterocycles. The van der Waals surface area contributed by atoms with Gasteiger partial charge >= 0.3 is 0 Å². The molecule has 2 unspecified atom stereocenters. The maximum Gasteiger partial charge on any atom is 0.225 e. The van der Waals surface area contributed by atoms with Crippen molar-refractivity contribution < 1.29 is 9.90 Å². The highest BCUT2D eigenvalue weighted by Crippen LogP contribution is 2.27. The van der Waals surface area contributed by atoms with E-state index in [0.29, 0.717) is 6.54 Å². The number of rotatable bonds is 4. The van der Waals surface area contributed by atoms with Crippen molar-refractivity contribution in [3.8, 4) is 0 Å². The summed E-state index contributed by atoms with van der Waals surface area (Å²) in [5.41, 5.74) is -0.605. The van der Waals surface area contributed by atoms with Gasteiger partial charge in [-0.15, -0.1) is 0 Å². The Kier molecular flexibility index (Phi) is 6.90. The maximum absolute atomic E-state index is 12.2. The minimum absolute atomic E-state index is 0.104. The van der Waals surface area contributed by atoms with E-state index in [-0.39, 0.29) is 17.9 Å². The van der Waals surface area contributed by atoms with Gasteiger partial charge in [0.05, 0.1) is 5.60 Å². The number of aliphatic hydroxyl groups is 1. The molecule has 0 spiro atoms. The van der Waals surface area contributed by atoms with Crippen LogP contribution in [0.15, 0.2) is 4.99 Å². The highest BCUT2D eigenvalue weighted by Gasteiger charge is 2.31. The number of hydrogen-bond acceptors (Lipinski definition) is 3. The number of carbonyl (C=O) groups is 1. The van der Waals surface area contributed by atoms with E-state index in [0.717, 1.165) is 57.3 Å². The third-order valence-electron chi connectivity index (χ3n) is 5.40. The fourth-order valence-corrected chi connectivity index (χ4v) is 3.93. The lowest BCUT2D eigenvalue weighted by Crippen LogP contribution is -2.51. The van der Waals surface area contributed by atoms with Crippen LogP contribution in [0.2, 0.25) is 0 Å². The van der Waals surface area contributed by atoms with Crippen molar-refractivity contribution in [1.82, 2.24) is 15.5 Å². The predicted octanol–water partition coefficient (Wildman–Crippen LogP) is 1.49. The highest BCUT2D eigenvalue weighted by atomic mass is 16.3. The van der Waals surface area contributed by atoms with E-state index in [2.05, 4.69) is 15.6 Å². The Bertz CT molecular complexity index is 444. The number of guanidine groups is 1. The van der Waals surface area contributed by atoms with Gasteiger partial charge in [-0.25, -0.2) is 0 Å². The van der Waals surface area contributed by atoms with Gasteiger partial charge in [-0.3, -0.25) is 9.79 Å². The fraction of sp³-hybridized carbons (Fsp3) is 0.889. The molecule has 0 bridgehead atoms. The summed E-state index contributed by atoms with van der Waals surface area (Å²) >= 11 is 0. The summed E-state index contributed by atoms with van der Waals surface area (Å²) in [6, 6.07) is 0.264. The van der Waals surface area contributed by atoms with E-state index in [1.165, 1.54) is 6.42 Å². The van der Waals surface area contributed by atoms with Crippen LogP contribution in [0.25, 0.3) is 0 Å². The summed E-state index contributed by atoms with van der Waals surface area (Å²) in [6.45, 7) is 0.541. The lowest BCUT2D eigenvalue weighted by molar-refractivity contribution is -0.134. The van der Waals surface area contributed by atoms with Gasteiger partial charge in [0.15, 0.2) is 5.96 Å². The molecule has 0 aromatic rings. The van der Waals surface area contributed by atoms with E-state index in [1.54, 1.807) is 11.9 Å². The molecule has 2 fully saturated rings. The quantitative estimate of drug-likeness (QED) is 0.536. The van der Waals surface area contributed by atoms with Gasteiger partial charge in [-0.05, 0) is 32.1 Å². The average molecular weight is 338 g/mol. The smallest absolute Gasteiger partial charge is 0.225 e. The van der Waals surface area contributed by atoms with Crippen LogP contribution < -0.4 is 10.6 Å². The minimum atomic E-state index is -0.605. The molecular weight excluding hydrogens is 304 g/mol. The van der Waals surface area contributed by atoms with Crippen LogP contribution in [0.3, 0.4) is 0 Å². The summed E-state index contributed by atoms with van der Waals surface area (Å²) in [7, 11) is 5.40. The van der Waals surface area contributed by atoms with Crippen molar-refractivity contribution in [1.29, 1.82) is 0 Å². The van der Waals surface area contributed by atoms with Gasteiger partial charge in [-0.2, -0.15) is 0 Å². The first-order valence-corrected chi connectivity index (χ1v) is 9.34. The summed E-state index contributed by atoms with van der Waals surface area (Å²) in [5, 5.41) is 17.3. The second-order valence-corrected chi connectivity index (χ2v) is 7.65. The van der Waals surface area contributed by atoms with Crippen LogP contribution >= 0.6 is 0 Å². The van der Waals surface area contributed by atoms with Crippen molar-refractivity contribution in [3.63, 3.8) is 0 Å². The zero-order valence-corrected chi connectivity index (χ0v) is 15.5. The van der Waals surface area contributed by atoms with Gasteiger partial charge in [0.25, 0.3) is 0 Å². The van der Waals surface area contributed by atoms with Gasteiger partial charge in [0.1, 0.15) is 0 Å². The normalized spacial score (nSPS) is 27.4. The van der Waals surface area contributed by atoms with Crippen molar-refractivity contribution in [2.24, 2.45) is 10.9 Å². The summed E-state index contributed by atoms with van der Waals surface area (Å²) in [6.07, 6.45) is 9.08. The Morgan fingerprint density at radius 1 is 1.21 bits per heavy atom. The third-order valence-corrected chi connectivity index (χ3v) is 5.40. The molecule has 0 aromatic carbocycles. The molecule has 1 amide bonds. The van der Waals surface area contributed by atoms with Crippen LogP contribution in [-0.4, -0.2) is 61.2 Å². The summed E-state index contributed by atoms with van der Waals surface area (Å²) < 4.78 is 0. The number of hydrogen-bond donors (Lipinski definition) is 3. The predicted molar refractivity (Wildman–Crippen MR) is 97.0 cm³/mol. The SMILES string of the molecule is CN=C(NCC1(O)CCCCC1)NC1CCCC(C(=O)N(C)C)C1. The lowest BCUT2D eigenvalue weighted by Gasteiger charge is -2.34. The molecule has 0 radical (unpaired) electrons. The number of amides is 1. The monoisotopic (exact) mass is 338 g/mol. The molecule has 6 heteroatoms. The van der Waals surface area contributed by atoms with Gasteiger partial charge in [0.2, 0.25) is 5.91 Å². The lowest BCUT2D eigenvalue weighted by atomic mass is 9.84. The Labute approximate surface area is 146 Å². The van der Waals surface area contributed by atoms with E-state index in [4.69, 9.17) is 0 Å². The molecule has 138 valence electrons. The van der Waals surface area contributed by atoms with Gasteiger partial charge < -0.3 is 20.6 Å². The Hall–Kier alpha value is -1.30. The molecule has 2 aliphatic carbocycles. The average Bonchev–Trinajstić information content (AvgIpc) is 2.58. The van der Waals surface area contributed by atoms with Crippen molar-refractivity contribution in [3.05, 3.63) is 0 Å². The molecule has 2 saturated carbocycles. The molecule has 3 N–H and O–H groups in total. The molecule has 2 aliphatic rings. The molecule has 0 heterocycles. The molecule has 0 saturated heterocycles. The standard InChI is InChI=1S/C18H34N4O2/c1-19-17(20-13-18(24)10-5-4-6-11-18)21-15-9-7-8-14(12-15)16(23)22(2)3/h14-15,24H,4-13H2,1-3H3,(H2,19,20,21). The van der Waals surface area contributed by atoms with Crippen molar-refractivity contribution in [2.45, 2.75) is 69.4 Å². The number of nitrogens with one attached hydrogen (secondary N) is 2. The fourth-order valence-electron chi connectivity index (χ4n) is 3.93. The second-order valence-electron chi connectivity index (χ2n) is 7.65. The van der Waals surface area contributed by atoms with E-state index >= 15 is 0 Å². The zero-order valence-electron chi connectivity index (χ0n) is 15.5. The first-order valence-electron chi connectivity index (χ1n) is 9.34. The van der Waals surface area contributed by atoms with Crippen LogP contribution in [0.5, 0.6) is 0 Å². The number of carbonyl (C=O) groups excluding carboxylic acids is 1. The Morgan fingerprint density at radius 3 is 2.54 bits per heavy atom. The van der Waals surface area contributed by atoms with Crippen LogP contribution in [-0.2, 0) is 4.79 Å². The molecule has 24 heavy (non-hydrogen) atoms. The largest absolute Gasteiger partial charge is 0.388 e. The number of nitrogens with zero attached hydrogens (tertiary/aromatic N) is 2. The third kappa shape index (κ3) is 5.36. The van der Waals surface area contributed by atoms with Crippen molar-refractivity contribution >= 4 is 11.9 Å². The van der Waals surface area contributed by atoms with Crippen LogP contribution in [0, 0.1) is 5.92 Å². The topological polar surface area (TPSA) is 77.0 Å². The molecule has 6 nitrogen and oxygen atoms in total. The zero-order chi connectivity index (χ0) is 17.6. The first-order chi connectivity index (χ1) is 11.4. The number of aliphatic imine (C=N–C) groups is 1. The Morgan fingerprint density at radius 2 is 1.92 bits per heavy atom. The second kappa shape index (κ2) is 8.70. The van der Waals surface area contributed by atoms with Crippen molar-refractivity contribution in [2.75, 3.05) is 27.7 Å². The van der Waals surface area contributed by atoms with Gasteiger partial charge in [-0.1, -0.05) is 25.7 Å². The molecule has 0 aliphatic heterocycles. The minimum Gasteiger partial charge on any atom is -0.388 e. The summed E-state index contributed by atoms with van der Waals surface area (Å²) in [4.78, 5) is 18.2. The maximum atomic E-state index is 12.2.